The molecule has 6 heteroatoms. The number of anilines is 2. The normalized spacial score (nSPS) is 10.7. The zero-order chi connectivity index (χ0) is 19.8. The fourth-order valence-electron chi connectivity index (χ4n) is 2.48. The minimum atomic E-state index is 0.517. The Morgan fingerprint density at radius 2 is 1.68 bits per heavy atom. The van der Waals surface area contributed by atoms with E-state index in [-0.39, 0.29) is 0 Å². The lowest BCUT2D eigenvalue weighted by Gasteiger charge is -2.20. The molecule has 0 saturated carbocycles. The number of hydrogen-bond acceptors (Lipinski definition) is 6. The lowest BCUT2D eigenvalue weighted by Crippen LogP contribution is -2.21. The van der Waals surface area contributed by atoms with Crippen LogP contribution in [0.3, 0.4) is 0 Å². The second-order valence-electron chi connectivity index (χ2n) is 6.92. The average Bonchev–Trinajstić information content (AvgIpc) is 2.72. The molecule has 0 bridgehead atoms. The van der Waals surface area contributed by atoms with Crippen molar-refractivity contribution < 1.29 is 4.74 Å². The Kier molecular flexibility index (Phi) is 7.14. The molecule has 0 saturated heterocycles. The van der Waals surface area contributed by atoms with Gasteiger partial charge in [0, 0.05) is 24.6 Å². The lowest BCUT2D eigenvalue weighted by atomic mass is 10.1. The molecule has 0 fully saturated rings. The smallest absolute Gasteiger partial charge is 0.238 e. The highest BCUT2D eigenvalue weighted by atomic mass is 32.2. The number of rotatable bonds is 9. The van der Waals surface area contributed by atoms with Gasteiger partial charge in [-0.25, -0.2) is 0 Å². The van der Waals surface area contributed by atoms with Crippen LogP contribution in [0.2, 0.25) is 0 Å². The third-order valence-corrected chi connectivity index (χ3v) is 4.88. The van der Waals surface area contributed by atoms with Crippen molar-refractivity contribution in [3.05, 3.63) is 66.7 Å². The summed E-state index contributed by atoms with van der Waals surface area (Å²) in [5, 5.41) is 0. The van der Waals surface area contributed by atoms with Crippen molar-refractivity contribution in [1.29, 1.82) is 0 Å². The van der Waals surface area contributed by atoms with E-state index in [9.17, 15) is 0 Å². The lowest BCUT2D eigenvalue weighted by molar-refractivity contribution is 0.462. The maximum Gasteiger partial charge on any atom is 0.238 e. The Morgan fingerprint density at radius 3 is 2.36 bits per heavy atom. The summed E-state index contributed by atoms with van der Waals surface area (Å²) in [6, 6.07) is 21.6. The molecule has 1 aromatic heterocycles. The molecule has 28 heavy (non-hydrogen) atoms. The molecule has 0 radical (unpaired) electrons. The minimum Gasteiger partial charge on any atom is -0.439 e. The second-order valence-corrected chi connectivity index (χ2v) is 7.80. The fourth-order valence-corrected chi connectivity index (χ4v) is 3.07. The van der Waals surface area contributed by atoms with Crippen LogP contribution in [-0.4, -0.2) is 23.6 Å². The molecule has 0 aliphatic heterocycles. The zero-order valence-electron chi connectivity index (χ0n) is 16.5. The van der Waals surface area contributed by atoms with Crippen molar-refractivity contribution in [3.8, 4) is 11.6 Å². The van der Waals surface area contributed by atoms with E-state index in [0.29, 0.717) is 17.7 Å². The number of nitrogens with zero attached hydrogens (tertiary/aromatic N) is 3. The Hall–Kier alpha value is -2.73. The van der Waals surface area contributed by atoms with E-state index in [1.807, 2.05) is 73.8 Å². The molecule has 0 spiro atoms. The summed E-state index contributed by atoms with van der Waals surface area (Å²) < 4.78 is 9.20. The first kappa shape index (κ1) is 20.0. The van der Waals surface area contributed by atoms with Crippen molar-refractivity contribution >= 4 is 23.7 Å². The van der Waals surface area contributed by atoms with Crippen LogP contribution >= 0.6 is 11.9 Å². The first-order chi connectivity index (χ1) is 13.6. The van der Waals surface area contributed by atoms with Gasteiger partial charge in [0.25, 0.3) is 0 Å². The van der Waals surface area contributed by atoms with Gasteiger partial charge in [-0.05, 0) is 48.6 Å². The molecule has 1 heterocycles. The van der Waals surface area contributed by atoms with Gasteiger partial charge in [0.05, 0.1) is 0 Å². The first-order valence-electron chi connectivity index (χ1n) is 9.41. The quantitative estimate of drug-likeness (QED) is 0.458. The van der Waals surface area contributed by atoms with Gasteiger partial charge < -0.3 is 9.64 Å². The van der Waals surface area contributed by atoms with Gasteiger partial charge in [0.1, 0.15) is 11.6 Å². The fraction of sp³-hybridized carbons (Fsp3) is 0.273. The van der Waals surface area contributed by atoms with Crippen LogP contribution in [0.5, 0.6) is 11.6 Å². The predicted octanol–water partition coefficient (Wildman–Crippen LogP) is 5.87. The minimum absolute atomic E-state index is 0.517. The molecular weight excluding hydrogens is 368 g/mol. The van der Waals surface area contributed by atoms with Crippen LogP contribution in [0, 0.1) is 5.92 Å². The molecule has 5 nitrogen and oxygen atoms in total. The van der Waals surface area contributed by atoms with Crippen molar-refractivity contribution in [2.24, 2.45) is 5.92 Å². The first-order valence-corrected chi connectivity index (χ1v) is 10.2. The van der Waals surface area contributed by atoms with Crippen LogP contribution < -0.4 is 14.4 Å². The molecule has 146 valence electrons. The highest BCUT2D eigenvalue weighted by Gasteiger charge is 2.11. The molecule has 0 aliphatic carbocycles. The number of ether oxygens (including phenoxy) is 1. The molecular formula is C22H26N4OS. The summed E-state index contributed by atoms with van der Waals surface area (Å²) in [6.07, 6.45) is 1.09. The number of hydrogen-bond donors (Lipinski definition) is 1. The highest BCUT2D eigenvalue weighted by Crippen LogP contribution is 2.26. The summed E-state index contributed by atoms with van der Waals surface area (Å²) in [4.78, 5) is 12.4. The maximum absolute atomic E-state index is 5.96. The molecule has 3 aromatic rings. The summed E-state index contributed by atoms with van der Waals surface area (Å²) in [5.41, 5.74) is 0. The van der Waals surface area contributed by atoms with Gasteiger partial charge in [-0.3, -0.25) is 4.72 Å². The van der Waals surface area contributed by atoms with Crippen molar-refractivity contribution in [1.82, 2.24) is 9.97 Å². The summed E-state index contributed by atoms with van der Waals surface area (Å²) in [5.74, 6) is 3.25. The van der Waals surface area contributed by atoms with Crippen LogP contribution in [0.1, 0.15) is 20.3 Å². The molecule has 3 rings (SSSR count). The Morgan fingerprint density at radius 1 is 1.00 bits per heavy atom. The van der Waals surface area contributed by atoms with Gasteiger partial charge in [0.15, 0.2) is 0 Å². The average molecular weight is 395 g/mol. The summed E-state index contributed by atoms with van der Waals surface area (Å²) in [7, 11) is 2.05. The molecule has 0 atom stereocenters. The standard InChI is InChI=1S/C22H26N4OS/c1-17(2)14-15-26(3)20-16-21(27-18-10-6-4-7-11-18)24-22(23-20)25-28-19-12-8-5-9-13-19/h4-13,16-17H,14-15H2,1-3H3,(H,23,24,25). The number of para-hydroxylation sites is 1. The third kappa shape index (κ3) is 6.16. The van der Waals surface area contributed by atoms with Gasteiger partial charge in [-0.15, -0.1) is 0 Å². The van der Waals surface area contributed by atoms with E-state index in [1.54, 1.807) is 0 Å². The molecule has 1 N–H and O–H groups in total. The van der Waals surface area contributed by atoms with Crippen LogP contribution in [0.15, 0.2) is 71.6 Å². The number of benzene rings is 2. The van der Waals surface area contributed by atoms with E-state index in [0.717, 1.165) is 29.4 Å². The molecule has 0 unspecified atom stereocenters. The van der Waals surface area contributed by atoms with Crippen LogP contribution in [0.25, 0.3) is 0 Å². The summed E-state index contributed by atoms with van der Waals surface area (Å²) in [6.45, 7) is 5.37. The Balaban J connectivity index is 1.80. The second kappa shape index (κ2) is 9.99. The van der Waals surface area contributed by atoms with Crippen molar-refractivity contribution in [2.75, 3.05) is 23.2 Å². The number of aromatic nitrogens is 2. The Labute approximate surface area is 171 Å². The zero-order valence-corrected chi connectivity index (χ0v) is 17.3. The molecule has 0 aliphatic rings. The van der Waals surface area contributed by atoms with E-state index in [2.05, 4.69) is 33.4 Å². The van der Waals surface area contributed by atoms with Gasteiger partial charge in [-0.2, -0.15) is 9.97 Å². The van der Waals surface area contributed by atoms with E-state index in [1.165, 1.54) is 11.9 Å². The highest BCUT2D eigenvalue weighted by molar-refractivity contribution is 8.00. The Bertz CT molecular complexity index is 859. The van der Waals surface area contributed by atoms with E-state index < -0.39 is 0 Å². The third-order valence-electron chi connectivity index (χ3n) is 4.09. The SMILES string of the molecule is CC(C)CCN(C)c1cc(Oc2ccccc2)nc(NSc2ccccc2)n1. The van der Waals surface area contributed by atoms with E-state index >= 15 is 0 Å². The largest absolute Gasteiger partial charge is 0.439 e. The number of nitrogens with one attached hydrogen (secondary N) is 1. The van der Waals surface area contributed by atoms with Crippen LogP contribution in [0.4, 0.5) is 11.8 Å². The predicted molar refractivity (Wildman–Crippen MR) is 117 cm³/mol. The van der Waals surface area contributed by atoms with Crippen molar-refractivity contribution in [3.63, 3.8) is 0 Å². The molecule has 2 aromatic carbocycles. The topological polar surface area (TPSA) is 50.3 Å². The molecule has 0 amide bonds. The van der Waals surface area contributed by atoms with Gasteiger partial charge in [0.2, 0.25) is 11.8 Å². The monoisotopic (exact) mass is 394 g/mol. The van der Waals surface area contributed by atoms with Gasteiger partial charge >= 0.3 is 0 Å². The van der Waals surface area contributed by atoms with Crippen LogP contribution in [-0.2, 0) is 0 Å². The van der Waals surface area contributed by atoms with Gasteiger partial charge in [-0.1, -0.05) is 50.2 Å². The maximum atomic E-state index is 5.96. The van der Waals surface area contributed by atoms with E-state index in [4.69, 9.17) is 4.74 Å². The van der Waals surface area contributed by atoms with Crippen molar-refractivity contribution in [2.45, 2.75) is 25.2 Å². The summed E-state index contributed by atoms with van der Waals surface area (Å²) >= 11 is 1.48.